The lowest BCUT2D eigenvalue weighted by atomic mass is 10.2. The molecule has 1 atom stereocenters. The Labute approximate surface area is 111 Å². The third-order valence-electron chi connectivity index (χ3n) is 2.36. The molecule has 4 nitrogen and oxygen atoms in total. The largest absolute Gasteiger partial charge is 0.395 e. The second-order valence-electron chi connectivity index (χ2n) is 3.80. The topological polar surface area (TPSA) is 58.0 Å². The van der Waals surface area contributed by atoms with E-state index in [0.717, 1.165) is 41.7 Å². The minimum atomic E-state index is 0.205. The molecule has 17 heavy (non-hydrogen) atoms. The molecule has 0 saturated heterocycles. The van der Waals surface area contributed by atoms with Crippen molar-refractivity contribution in [1.82, 2.24) is 14.7 Å². The summed E-state index contributed by atoms with van der Waals surface area (Å²) in [4.78, 5) is 4.40. The Kier molecular flexibility index (Phi) is 7.75. The lowest BCUT2D eigenvalue weighted by Gasteiger charge is -2.14. The Morgan fingerprint density at radius 1 is 1.47 bits per heavy atom. The Hall–Kier alpha value is -0.170. The zero-order valence-electron chi connectivity index (χ0n) is 10.5. The Morgan fingerprint density at radius 3 is 2.88 bits per heavy atom. The van der Waals surface area contributed by atoms with Crippen LogP contribution in [0, 0.1) is 0 Å². The molecule has 0 aliphatic rings. The SMILES string of the molecule is CCCNC(CO)CCSc1nc(CC)ns1. The number of aromatic nitrogens is 2. The highest BCUT2D eigenvalue weighted by Gasteiger charge is 2.08. The molecule has 0 spiro atoms. The van der Waals surface area contributed by atoms with Crippen LogP contribution in [-0.4, -0.2) is 39.4 Å². The van der Waals surface area contributed by atoms with Gasteiger partial charge in [-0.25, -0.2) is 4.98 Å². The van der Waals surface area contributed by atoms with Gasteiger partial charge < -0.3 is 10.4 Å². The summed E-state index contributed by atoms with van der Waals surface area (Å²) in [7, 11) is 0. The van der Waals surface area contributed by atoms with E-state index in [1.54, 1.807) is 11.8 Å². The summed E-state index contributed by atoms with van der Waals surface area (Å²) >= 11 is 3.20. The lowest BCUT2D eigenvalue weighted by molar-refractivity contribution is 0.240. The van der Waals surface area contributed by atoms with E-state index in [1.807, 2.05) is 0 Å². The van der Waals surface area contributed by atoms with Crippen LogP contribution < -0.4 is 5.32 Å². The molecule has 1 rings (SSSR count). The average Bonchev–Trinajstić information content (AvgIpc) is 2.81. The summed E-state index contributed by atoms with van der Waals surface area (Å²) in [5.74, 6) is 1.90. The van der Waals surface area contributed by atoms with Crippen molar-refractivity contribution in [2.75, 3.05) is 18.9 Å². The number of rotatable bonds is 9. The lowest BCUT2D eigenvalue weighted by Crippen LogP contribution is -2.33. The molecule has 6 heteroatoms. The standard InChI is InChI=1S/C11H21N3OS2/c1-3-6-12-9(8-15)5-7-16-11-13-10(4-2)14-17-11/h9,12,15H,3-8H2,1-2H3. The Bertz CT molecular complexity index is 307. The predicted octanol–water partition coefficient (Wildman–Crippen LogP) is 1.94. The quantitative estimate of drug-likeness (QED) is 0.675. The van der Waals surface area contributed by atoms with Gasteiger partial charge in [-0.15, -0.1) is 0 Å². The second kappa shape index (κ2) is 8.85. The van der Waals surface area contributed by atoms with Crippen molar-refractivity contribution in [3.05, 3.63) is 5.82 Å². The maximum absolute atomic E-state index is 9.19. The van der Waals surface area contributed by atoms with Crippen LogP contribution in [0.3, 0.4) is 0 Å². The van der Waals surface area contributed by atoms with Crippen LogP contribution in [0.5, 0.6) is 0 Å². The molecule has 0 saturated carbocycles. The molecule has 2 N–H and O–H groups in total. The van der Waals surface area contributed by atoms with E-state index >= 15 is 0 Å². The number of aliphatic hydroxyl groups excluding tert-OH is 1. The molecule has 98 valence electrons. The first-order valence-corrected chi connectivity index (χ1v) is 7.85. The van der Waals surface area contributed by atoms with Crippen LogP contribution in [0.2, 0.25) is 0 Å². The van der Waals surface area contributed by atoms with E-state index in [2.05, 4.69) is 28.5 Å². The van der Waals surface area contributed by atoms with Crippen molar-refractivity contribution in [1.29, 1.82) is 0 Å². The van der Waals surface area contributed by atoms with E-state index < -0.39 is 0 Å². The number of hydrogen-bond donors (Lipinski definition) is 2. The number of nitrogens with zero attached hydrogens (tertiary/aromatic N) is 2. The molecule has 1 unspecified atom stereocenters. The van der Waals surface area contributed by atoms with Crippen molar-refractivity contribution in [2.24, 2.45) is 0 Å². The van der Waals surface area contributed by atoms with Gasteiger partial charge in [-0.1, -0.05) is 25.6 Å². The molecule has 0 radical (unpaired) electrons. The minimum Gasteiger partial charge on any atom is -0.395 e. The number of hydrogen-bond acceptors (Lipinski definition) is 6. The first-order chi connectivity index (χ1) is 8.30. The molecule has 0 fully saturated rings. The van der Waals surface area contributed by atoms with Gasteiger partial charge >= 0.3 is 0 Å². The molecule has 0 aliphatic carbocycles. The number of aryl methyl sites for hydroxylation is 1. The maximum Gasteiger partial charge on any atom is 0.170 e. The summed E-state index contributed by atoms with van der Waals surface area (Å²) in [5, 5.41) is 12.5. The van der Waals surface area contributed by atoms with Crippen LogP contribution in [0.4, 0.5) is 0 Å². The highest BCUT2D eigenvalue weighted by molar-refractivity contribution is 8.00. The zero-order valence-corrected chi connectivity index (χ0v) is 12.1. The molecule has 0 aromatic carbocycles. The Balaban J connectivity index is 2.21. The third-order valence-corrected chi connectivity index (χ3v) is 4.27. The summed E-state index contributed by atoms with van der Waals surface area (Å²) in [5.41, 5.74) is 0. The van der Waals surface area contributed by atoms with Gasteiger partial charge in [-0.2, -0.15) is 4.37 Å². The maximum atomic E-state index is 9.19. The summed E-state index contributed by atoms with van der Waals surface area (Å²) in [6.45, 7) is 5.36. The van der Waals surface area contributed by atoms with Crippen molar-refractivity contribution < 1.29 is 5.11 Å². The summed E-state index contributed by atoms with van der Waals surface area (Å²) in [6.07, 6.45) is 2.95. The summed E-state index contributed by atoms with van der Waals surface area (Å²) < 4.78 is 5.28. The van der Waals surface area contributed by atoms with E-state index in [-0.39, 0.29) is 12.6 Å². The van der Waals surface area contributed by atoms with Gasteiger partial charge in [-0.05, 0) is 30.9 Å². The van der Waals surface area contributed by atoms with E-state index in [4.69, 9.17) is 0 Å². The molecule has 0 amide bonds. The van der Waals surface area contributed by atoms with Crippen molar-refractivity contribution >= 4 is 23.3 Å². The highest BCUT2D eigenvalue weighted by Crippen LogP contribution is 2.21. The molecule has 1 heterocycles. The van der Waals surface area contributed by atoms with E-state index in [1.165, 1.54) is 11.5 Å². The fraction of sp³-hybridized carbons (Fsp3) is 0.818. The third kappa shape index (κ3) is 5.81. The molecular weight excluding hydrogens is 254 g/mol. The highest BCUT2D eigenvalue weighted by atomic mass is 32.2. The number of thioether (sulfide) groups is 1. The second-order valence-corrected chi connectivity index (χ2v) is 5.89. The van der Waals surface area contributed by atoms with Crippen LogP contribution in [0.25, 0.3) is 0 Å². The van der Waals surface area contributed by atoms with Crippen molar-refractivity contribution in [3.63, 3.8) is 0 Å². The zero-order chi connectivity index (χ0) is 12.5. The van der Waals surface area contributed by atoms with Gasteiger partial charge in [0.15, 0.2) is 4.34 Å². The smallest absolute Gasteiger partial charge is 0.170 e. The van der Waals surface area contributed by atoms with Gasteiger partial charge in [0.05, 0.1) is 6.61 Å². The fourth-order valence-corrected chi connectivity index (χ4v) is 3.15. The molecule has 1 aromatic rings. The van der Waals surface area contributed by atoms with Gasteiger partial charge in [0.2, 0.25) is 0 Å². The fourth-order valence-electron chi connectivity index (χ4n) is 1.34. The normalized spacial score (nSPS) is 12.9. The number of nitrogens with one attached hydrogen (secondary N) is 1. The Morgan fingerprint density at radius 2 is 2.29 bits per heavy atom. The average molecular weight is 275 g/mol. The minimum absolute atomic E-state index is 0.205. The monoisotopic (exact) mass is 275 g/mol. The predicted molar refractivity (Wildman–Crippen MR) is 73.8 cm³/mol. The van der Waals surface area contributed by atoms with Gasteiger partial charge in [-0.3, -0.25) is 0 Å². The van der Waals surface area contributed by atoms with Gasteiger partial charge in [0, 0.05) is 18.2 Å². The molecule has 0 aliphatic heterocycles. The molecular formula is C11H21N3OS2. The first-order valence-electron chi connectivity index (χ1n) is 6.09. The van der Waals surface area contributed by atoms with Crippen LogP contribution in [0.15, 0.2) is 4.34 Å². The van der Waals surface area contributed by atoms with E-state index in [0.29, 0.717) is 0 Å². The van der Waals surface area contributed by atoms with Crippen LogP contribution in [0.1, 0.15) is 32.5 Å². The molecule has 0 bridgehead atoms. The van der Waals surface area contributed by atoms with Crippen LogP contribution in [-0.2, 0) is 6.42 Å². The number of aliphatic hydroxyl groups is 1. The van der Waals surface area contributed by atoms with Gasteiger partial charge in [0.25, 0.3) is 0 Å². The van der Waals surface area contributed by atoms with Crippen molar-refractivity contribution in [2.45, 2.75) is 43.5 Å². The summed E-state index contributed by atoms with van der Waals surface area (Å²) in [6, 6.07) is 0.209. The van der Waals surface area contributed by atoms with Crippen molar-refractivity contribution in [3.8, 4) is 0 Å². The first kappa shape index (κ1) is 14.9. The van der Waals surface area contributed by atoms with Crippen LogP contribution >= 0.6 is 23.3 Å². The molecule has 1 aromatic heterocycles. The van der Waals surface area contributed by atoms with E-state index in [9.17, 15) is 5.11 Å². The van der Waals surface area contributed by atoms with Gasteiger partial charge in [0.1, 0.15) is 5.82 Å².